The predicted octanol–water partition coefficient (Wildman–Crippen LogP) is 5.61. The molecule has 6 rings (SSSR count). The van der Waals surface area contributed by atoms with E-state index in [2.05, 4.69) is 19.8 Å². The van der Waals surface area contributed by atoms with Crippen LogP contribution in [0.2, 0.25) is 0 Å². The number of nitrogens with zero attached hydrogens (tertiary/aromatic N) is 4. The number of benzene rings is 2. The number of carbonyl (C=O) groups is 5. The largest absolute Gasteiger partial charge is 0.514 e. The van der Waals surface area contributed by atoms with Crippen molar-refractivity contribution >= 4 is 109 Å². The van der Waals surface area contributed by atoms with Crippen molar-refractivity contribution in [2.24, 2.45) is 5.16 Å². The Kier molecular flexibility index (Phi) is 13.4. The molecule has 2 aromatic carbocycles. The van der Waals surface area contributed by atoms with Crippen molar-refractivity contribution in [1.29, 1.82) is 0 Å². The first-order chi connectivity index (χ1) is 29.7. The molecule has 4 heterocycles. The van der Waals surface area contributed by atoms with Gasteiger partial charge in [-0.3, -0.25) is 19.3 Å². The van der Waals surface area contributed by atoms with Crippen LogP contribution in [-0.4, -0.2) is 97.5 Å². The molecule has 2 aliphatic rings. The van der Waals surface area contributed by atoms with Crippen molar-refractivity contribution in [2.75, 3.05) is 25.7 Å². The number of carbonyl (C=O) groups excluding carboxylic acids is 5. The third-order valence-electron chi connectivity index (χ3n) is 8.65. The molecule has 1 fully saturated rings. The second kappa shape index (κ2) is 18.3. The van der Waals surface area contributed by atoms with E-state index in [-0.39, 0.29) is 66.8 Å². The van der Waals surface area contributed by atoms with Gasteiger partial charge in [0.2, 0.25) is 11.5 Å². The van der Waals surface area contributed by atoms with E-state index in [0.717, 1.165) is 44.9 Å². The summed E-state index contributed by atoms with van der Waals surface area (Å²) >= 11 is 8.31. The summed E-state index contributed by atoms with van der Waals surface area (Å²) in [6.07, 6.45) is -2.26. The standard InChI is InChI=1S/C40H40N6O13S4/c1-38(2,3)58-36(51)56-24-13-21-23(47)14-26(62-27(21)15-25(24)57-37(52)59-39(4,5)6)22-17-61-34-40(18-60,43-31(48)28(44-54-8)30-42-35(41)63-45-30)33(50)46(34)29(22)32(49)55-16-19-9-11-20(53-7)12-10-19/h9-15,18,34H,16-17H2,1-8H3,(H,43,48)(H2,41,42,45)/b44-28-/t34-,40?/m0/s1. The second-order valence-corrected chi connectivity index (χ2v) is 18.7. The highest BCUT2D eigenvalue weighted by atomic mass is 32.2. The van der Waals surface area contributed by atoms with Gasteiger partial charge in [-0.05, 0) is 65.3 Å². The van der Waals surface area contributed by atoms with E-state index in [1.165, 1.54) is 32.4 Å². The summed E-state index contributed by atoms with van der Waals surface area (Å²) < 4.78 is 36.8. The minimum atomic E-state index is -1.85. The average Bonchev–Trinajstić information content (AvgIpc) is 3.64. The van der Waals surface area contributed by atoms with Crippen LogP contribution in [-0.2, 0) is 40.0 Å². The van der Waals surface area contributed by atoms with Crippen molar-refractivity contribution < 1.29 is 57.2 Å². The summed E-state index contributed by atoms with van der Waals surface area (Å²) in [6.45, 7) is 9.54. The molecule has 4 aromatic rings. The molecular formula is C40H40N6O13S4. The van der Waals surface area contributed by atoms with Crippen LogP contribution in [0, 0.1) is 0 Å². The fraction of sp³-hybridized carbons (Fsp3) is 0.350. The van der Waals surface area contributed by atoms with E-state index in [4.69, 9.17) is 51.2 Å². The lowest BCUT2D eigenvalue weighted by Crippen LogP contribution is -2.80. The fourth-order valence-electron chi connectivity index (χ4n) is 6.00. The van der Waals surface area contributed by atoms with Crippen LogP contribution >= 0.6 is 46.8 Å². The number of anilines is 1. The van der Waals surface area contributed by atoms with Gasteiger partial charge in [0, 0.05) is 55.3 Å². The Hall–Kier alpha value is -6.17. The van der Waals surface area contributed by atoms with Gasteiger partial charge in [-0.25, -0.2) is 14.4 Å². The topological polar surface area (TPSA) is 246 Å². The number of nitrogens with one attached hydrogen (secondary N) is 1. The zero-order valence-corrected chi connectivity index (χ0v) is 38.2. The number of rotatable bonds is 12. The Morgan fingerprint density at radius 3 is 2.17 bits per heavy atom. The van der Waals surface area contributed by atoms with Gasteiger partial charge in [0.25, 0.3) is 11.8 Å². The first kappa shape index (κ1) is 46.3. The molecule has 2 aromatic heterocycles. The van der Waals surface area contributed by atoms with Gasteiger partial charge in [0.1, 0.15) is 41.7 Å². The number of nitrogens with two attached hydrogens (primary N) is 1. The van der Waals surface area contributed by atoms with Crippen LogP contribution in [0.25, 0.3) is 15.7 Å². The minimum absolute atomic E-state index is 0.00600. The van der Waals surface area contributed by atoms with E-state index >= 15 is 0 Å². The molecule has 23 heteroatoms. The zero-order chi connectivity index (χ0) is 46.0. The highest BCUT2D eigenvalue weighted by Crippen LogP contribution is 2.49. The molecule has 1 unspecified atom stereocenters. The second-order valence-electron chi connectivity index (χ2n) is 15.5. The highest BCUT2D eigenvalue weighted by molar-refractivity contribution is 8.00. The van der Waals surface area contributed by atoms with Gasteiger partial charge in [-0.15, -0.1) is 23.1 Å². The van der Waals surface area contributed by atoms with Crippen LogP contribution in [0.5, 0.6) is 17.2 Å². The Labute approximate surface area is 377 Å². The Bertz CT molecular complexity index is 2630. The lowest BCUT2D eigenvalue weighted by Gasteiger charge is -2.55. The summed E-state index contributed by atoms with van der Waals surface area (Å²) in [7, 11) is 2.71. The molecule has 3 N–H and O–H groups in total. The number of aromatic nitrogens is 2. The molecule has 2 atom stereocenters. The number of thioether (sulfide) groups is 1. The molecule has 0 bridgehead atoms. The van der Waals surface area contributed by atoms with Crippen molar-refractivity contribution in [2.45, 2.75) is 70.3 Å². The van der Waals surface area contributed by atoms with Crippen LogP contribution in [0.4, 0.5) is 14.7 Å². The van der Waals surface area contributed by atoms with Gasteiger partial charge in [-0.2, -0.15) is 9.36 Å². The zero-order valence-electron chi connectivity index (χ0n) is 34.9. The summed E-state index contributed by atoms with van der Waals surface area (Å²) in [4.78, 5) is 92.3. The van der Waals surface area contributed by atoms with E-state index in [0.29, 0.717) is 11.3 Å². The number of nitrogen functional groups attached to an aromatic ring is 1. The van der Waals surface area contributed by atoms with Crippen molar-refractivity contribution in [3.63, 3.8) is 0 Å². The monoisotopic (exact) mass is 940 g/mol. The lowest BCUT2D eigenvalue weighted by atomic mass is 9.87. The van der Waals surface area contributed by atoms with Crippen LogP contribution in [0.3, 0.4) is 0 Å². The van der Waals surface area contributed by atoms with Gasteiger partial charge in [0.15, 0.2) is 27.6 Å². The van der Waals surface area contributed by atoms with Gasteiger partial charge in [0.05, 0.1) is 7.11 Å². The van der Waals surface area contributed by atoms with E-state index in [1.807, 2.05) is 0 Å². The Balaban J connectivity index is 1.43. The lowest BCUT2D eigenvalue weighted by molar-refractivity contribution is -0.155. The molecule has 0 radical (unpaired) electrons. The molecule has 1 saturated heterocycles. The third-order valence-corrected chi connectivity index (χ3v) is 12.1. The van der Waals surface area contributed by atoms with Crippen molar-refractivity contribution in [3.8, 4) is 17.2 Å². The summed E-state index contributed by atoms with van der Waals surface area (Å²) in [5.41, 5.74) is 1.61. The minimum Gasteiger partial charge on any atom is -0.497 e. The van der Waals surface area contributed by atoms with E-state index in [1.54, 1.807) is 65.8 Å². The highest BCUT2D eigenvalue weighted by Gasteiger charge is 2.65. The Morgan fingerprint density at radius 2 is 1.62 bits per heavy atom. The smallest absolute Gasteiger partial charge is 0.497 e. The molecule has 0 saturated carbocycles. The number of β-lactam (4-membered cyclic amide) rings is 1. The molecule has 332 valence electrons. The quantitative estimate of drug-likeness (QED) is 0.0333. The Morgan fingerprint density at radius 1 is 0.984 bits per heavy atom. The number of hydrogen-bond acceptors (Lipinski definition) is 21. The molecule has 0 aliphatic carbocycles. The van der Waals surface area contributed by atoms with Crippen LogP contribution in [0.15, 0.2) is 58.1 Å². The fourth-order valence-corrected chi connectivity index (χ4v) is 9.49. The average molecular weight is 941 g/mol. The molecule has 63 heavy (non-hydrogen) atoms. The summed E-state index contributed by atoms with van der Waals surface area (Å²) in [6, 6.07) is 10.5. The van der Waals surface area contributed by atoms with Gasteiger partial charge in [-0.1, -0.05) is 29.5 Å². The molecule has 2 aliphatic heterocycles. The number of methoxy groups -OCH3 is 1. The normalized spacial score (nSPS) is 17.5. The SMILES string of the molecule is CO/N=C(\C(=O)NC1(C=S)C(=O)N2C(C(=O)OCc3ccc(OC)cc3)=C(c3cc(=O)c4cc(OC(=O)OC(C)(C)C)c(OC(=O)OC(C)(C)C)cc4s3)CS[C@H]21)c1nsc(N)n1. The number of hydrogen-bond donors (Lipinski definition) is 2. The molecule has 0 spiro atoms. The first-order valence-corrected chi connectivity index (χ1v) is 21.7. The summed E-state index contributed by atoms with van der Waals surface area (Å²) in [5.74, 6) is -2.83. The van der Waals surface area contributed by atoms with Crippen LogP contribution < -0.4 is 30.7 Å². The number of oxime groups is 1. The number of ether oxygens (including phenoxy) is 6. The molecular weight excluding hydrogens is 901 g/mol. The number of thiocarbonyl (C=S) groups is 1. The number of fused-ring (bicyclic) bond motifs is 2. The number of esters is 1. The van der Waals surface area contributed by atoms with Crippen molar-refractivity contribution in [3.05, 3.63) is 74.6 Å². The third kappa shape index (κ3) is 10.2. The predicted molar refractivity (Wildman–Crippen MR) is 237 cm³/mol. The first-order valence-electron chi connectivity index (χ1n) is 18.6. The maximum atomic E-state index is 14.4. The van der Waals surface area contributed by atoms with Gasteiger partial charge < -0.3 is 44.3 Å². The van der Waals surface area contributed by atoms with Crippen molar-refractivity contribution in [1.82, 2.24) is 19.6 Å². The summed E-state index contributed by atoms with van der Waals surface area (Å²) in [5, 5.41) is 6.57. The van der Waals surface area contributed by atoms with Crippen LogP contribution in [0.1, 0.15) is 57.8 Å². The van der Waals surface area contributed by atoms with E-state index < -0.39 is 57.6 Å². The molecule has 2 amide bonds. The molecule has 19 nitrogen and oxygen atoms in total. The number of amides is 2. The van der Waals surface area contributed by atoms with E-state index in [9.17, 15) is 28.8 Å². The maximum absolute atomic E-state index is 14.4. The van der Waals surface area contributed by atoms with Gasteiger partial charge >= 0.3 is 18.3 Å². The maximum Gasteiger partial charge on any atom is 0.514 e.